The predicted octanol–water partition coefficient (Wildman–Crippen LogP) is 0.458. The zero-order valence-corrected chi connectivity index (χ0v) is 9.73. The first kappa shape index (κ1) is 12.6. The zero-order chi connectivity index (χ0) is 12.3. The quantitative estimate of drug-likeness (QED) is 0.773. The van der Waals surface area contributed by atoms with Gasteiger partial charge in [-0.25, -0.2) is 18.4 Å². The summed E-state index contributed by atoms with van der Waals surface area (Å²) in [4.78, 5) is 18.0. The Hall–Kier alpha value is -1.50. The highest BCUT2D eigenvalue weighted by atomic mass is 32.2. The minimum atomic E-state index is -3.46. The molecule has 0 saturated heterocycles. The monoisotopic (exact) mass is 244 g/mol. The Morgan fingerprint density at radius 3 is 2.69 bits per heavy atom. The number of rotatable bonds is 4. The van der Waals surface area contributed by atoms with E-state index in [0.29, 0.717) is 5.69 Å². The molecule has 0 spiro atoms. The van der Waals surface area contributed by atoms with Crippen LogP contribution in [0.4, 0.5) is 0 Å². The fourth-order valence-electron chi connectivity index (χ4n) is 1.17. The average Bonchev–Trinajstić information content (AvgIpc) is 2.15. The molecule has 88 valence electrons. The number of aromatic nitrogens is 2. The van der Waals surface area contributed by atoms with Gasteiger partial charge >= 0.3 is 5.97 Å². The molecule has 7 heteroatoms. The third kappa shape index (κ3) is 3.27. The summed E-state index contributed by atoms with van der Waals surface area (Å²) in [5, 5.41) is 8.34. The van der Waals surface area contributed by atoms with Crippen LogP contribution in [-0.2, 0) is 14.6 Å². The van der Waals surface area contributed by atoms with Crippen LogP contribution < -0.4 is 0 Å². The predicted molar refractivity (Wildman–Crippen MR) is 55.8 cm³/mol. The SMILES string of the molecule is CC(CC(=O)O)c1ccnc(S(C)(=O)=O)n1. The molecule has 0 aliphatic heterocycles. The number of carboxylic acid groups (broad SMARTS) is 1. The van der Waals surface area contributed by atoms with Crippen LogP contribution in [0.3, 0.4) is 0 Å². The van der Waals surface area contributed by atoms with E-state index in [1.807, 2.05) is 0 Å². The molecule has 1 heterocycles. The van der Waals surface area contributed by atoms with Gasteiger partial charge in [0.25, 0.3) is 0 Å². The van der Waals surface area contributed by atoms with Crippen LogP contribution in [0.1, 0.15) is 25.0 Å². The molecule has 6 nitrogen and oxygen atoms in total. The number of carbonyl (C=O) groups is 1. The third-order valence-corrected chi connectivity index (χ3v) is 2.83. The number of hydrogen-bond donors (Lipinski definition) is 1. The summed E-state index contributed by atoms with van der Waals surface area (Å²) < 4.78 is 22.4. The van der Waals surface area contributed by atoms with Crippen molar-refractivity contribution in [2.45, 2.75) is 24.4 Å². The van der Waals surface area contributed by atoms with Crippen LogP contribution in [0.15, 0.2) is 17.4 Å². The average molecular weight is 244 g/mol. The molecular formula is C9H12N2O4S. The molecule has 1 N–H and O–H groups in total. The van der Waals surface area contributed by atoms with Crippen LogP contribution in [0.5, 0.6) is 0 Å². The van der Waals surface area contributed by atoms with Crippen LogP contribution in [0.2, 0.25) is 0 Å². The zero-order valence-electron chi connectivity index (χ0n) is 8.91. The maximum atomic E-state index is 11.2. The van der Waals surface area contributed by atoms with Gasteiger partial charge in [0.05, 0.1) is 6.42 Å². The van der Waals surface area contributed by atoms with Crippen molar-refractivity contribution in [3.8, 4) is 0 Å². The molecule has 0 bridgehead atoms. The fraction of sp³-hybridized carbons (Fsp3) is 0.444. The molecule has 0 fully saturated rings. The molecule has 0 aliphatic rings. The lowest BCUT2D eigenvalue weighted by molar-refractivity contribution is -0.137. The summed E-state index contributed by atoms with van der Waals surface area (Å²) in [5.74, 6) is -1.30. The van der Waals surface area contributed by atoms with Crippen LogP contribution in [-0.4, -0.2) is 35.7 Å². The van der Waals surface area contributed by atoms with Gasteiger partial charge in [-0.05, 0) is 6.07 Å². The van der Waals surface area contributed by atoms with E-state index in [0.717, 1.165) is 6.26 Å². The smallest absolute Gasteiger partial charge is 0.304 e. The molecule has 0 aliphatic carbocycles. The first-order chi connectivity index (χ1) is 7.30. The Bertz CT molecular complexity index is 498. The highest BCUT2D eigenvalue weighted by Gasteiger charge is 2.16. The van der Waals surface area contributed by atoms with Gasteiger partial charge in [-0.2, -0.15) is 0 Å². The Balaban J connectivity index is 3.04. The Morgan fingerprint density at radius 2 is 2.19 bits per heavy atom. The third-order valence-electron chi connectivity index (χ3n) is 1.97. The largest absolute Gasteiger partial charge is 0.481 e. The van der Waals surface area contributed by atoms with Crippen LogP contribution in [0.25, 0.3) is 0 Å². The maximum Gasteiger partial charge on any atom is 0.304 e. The molecule has 16 heavy (non-hydrogen) atoms. The summed E-state index contributed by atoms with van der Waals surface area (Å²) in [6.45, 7) is 1.67. The van der Waals surface area contributed by atoms with Gasteiger partial charge in [0.2, 0.25) is 15.0 Å². The number of aliphatic carboxylic acids is 1. The van der Waals surface area contributed by atoms with Crippen molar-refractivity contribution in [1.29, 1.82) is 0 Å². The fourth-order valence-corrected chi connectivity index (χ4v) is 1.70. The van der Waals surface area contributed by atoms with Crippen molar-refractivity contribution in [2.75, 3.05) is 6.26 Å². The summed E-state index contributed by atoms with van der Waals surface area (Å²) in [7, 11) is -3.46. The van der Waals surface area contributed by atoms with E-state index in [1.54, 1.807) is 6.92 Å². The molecule has 0 saturated carbocycles. The topological polar surface area (TPSA) is 97.2 Å². The highest BCUT2D eigenvalue weighted by Crippen LogP contribution is 2.17. The van der Waals surface area contributed by atoms with Gasteiger partial charge in [-0.3, -0.25) is 4.79 Å². The number of hydrogen-bond acceptors (Lipinski definition) is 5. The number of carboxylic acids is 1. The van der Waals surface area contributed by atoms with Crippen molar-refractivity contribution in [3.63, 3.8) is 0 Å². The summed E-state index contributed by atoms with van der Waals surface area (Å²) >= 11 is 0. The van der Waals surface area contributed by atoms with E-state index in [2.05, 4.69) is 9.97 Å². The lowest BCUT2D eigenvalue weighted by Gasteiger charge is -2.08. The standard InChI is InChI=1S/C9H12N2O4S/c1-6(5-8(12)13)7-3-4-10-9(11-7)16(2,14)15/h3-4,6H,5H2,1-2H3,(H,12,13). The highest BCUT2D eigenvalue weighted by molar-refractivity contribution is 7.90. The molecule has 1 unspecified atom stereocenters. The van der Waals surface area contributed by atoms with Gasteiger partial charge in [0, 0.05) is 24.1 Å². The minimum absolute atomic E-state index is 0.0970. The molecule has 1 aromatic rings. The molecule has 1 atom stereocenters. The van der Waals surface area contributed by atoms with Crippen molar-refractivity contribution in [2.24, 2.45) is 0 Å². The molecule has 0 radical (unpaired) electrons. The first-order valence-electron chi connectivity index (χ1n) is 4.55. The maximum absolute atomic E-state index is 11.2. The summed E-state index contributed by atoms with van der Waals surface area (Å²) in [6.07, 6.45) is 2.23. The van der Waals surface area contributed by atoms with Crippen molar-refractivity contribution in [1.82, 2.24) is 9.97 Å². The van der Waals surface area contributed by atoms with Crippen LogP contribution >= 0.6 is 0 Å². The van der Waals surface area contributed by atoms with E-state index in [1.165, 1.54) is 12.3 Å². The molecule has 1 aromatic heterocycles. The molecular weight excluding hydrogens is 232 g/mol. The van der Waals surface area contributed by atoms with E-state index < -0.39 is 15.8 Å². The van der Waals surface area contributed by atoms with Crippen LogP contribution in [0, 0.1) is 0 Å². The van der Waals surface area contributed by atoms with Gasteiger partial charge in [-0.1, -0.05) is 6.92 Å². The van der Waals surface area contributed by atoms with E-state index >= 15 is 0 Å². The van der Waals surface area contributed by atoms with E-state index in [9.17, 15) is 13.2 Å². The number of nitrogens with zero attached hydrogens (tertiary/aromatic N) is 2. The second-order valence-electron chi connectivity index (χ2n) is 3.54. The Labute approximate surface area is 93.3 Å². The van der Waals surface area contributed by atoms with Gasteiger partial charge in [-0.15, -0.1) is 0 Å². The van der Waals surface area contributed by atoms with Crippen molar-refractivity contribution in [3.05, 3.63) is 18.0 Å². The lowest BCUT2D eigenvalue weighted by Crippen LogP contribution is -2.09. The number of sulfone groups is 1. The van der Waals surface area contributed by atoms with E-state index in [4.69, 9.17) is 5.11 Å². The van der Waals surface area contributed by atoms with Crippen molar-refractivity contribution < 1.29 is 18.3 Å². The first-order valence-corrected chi connectivity index (χ1v) is 6.44. The second-order valence-corrected chi connectivity index (χ2v) is 5.44. The van der Waals surface area contributed by atoms with Gasteiger partial charge < -0.3 is 5.11 Å². The summed E-state index contributed by atoms with van der Waals surface area (Å²) in [6, 6.07) is 1.52. The Kier molecular flexibility index (Phi) is 3.58. The molecule has 1 rings (SSSR count). The minimum Gasteiger partial charge on any atom is -0.481 e. The second kappa shape index (κ2) is 4.56. The van der Waals surface area contributed by atoms with Gasteiger partial charge in [0.15, 0.2) is 0 Å². The summed E-state index contributed by atoms with van der Waals surface area (Å²) in [5.41, 5.74) is 0.415. The van der Waals surface area contributed by atoms with Gasteiger partial charge in [0.1, 0.15) is 0 Å². The molecule has 0 amide bonds. The van der Waals surface area contributed by atoms with E-state index in [-0.39, 0.29) is 17.5 Å². The Morgan fingerprint density at radius 1 is 1.56 bits per heavy atom. The molecule has 0 aromatic carbocycles. The normalized spacial score (nSPS) is 13.4. The lowest BCUT2D eigenvalue weighted by atomic mass is 10.0. The van der Waals surface area contributed by atoms with Crippen molar-refractivity contribution >= 4 is 15.8 Å².